The minimum absolute atomic E-state index is 0.199. The second kappa shape index (κ2) is 11.8. The Bertz CT molecular complexity index is 1020. The predicted molar refractivity (Wildman–Crippen MR) is 133 cm³/mol. The number of benzene rings is 1. The van der Waals surface area contributed by atoms with Crippen LogP contribution in [0.4, 0.5) is 0 Å². The molecule has 0 bridgehead atoms. The SMILES string of the molecule is COc1ccc2nccc([C@@H](O)CC[C@@H]3CCN(CCSc4ccncc4)C[C@@H]3CO)c2c1. The van der Waals surface area contributed by atoms with Crippen LogP contribution >= 0.6 is 11.8 Å². The summed E-state index contributed by atoms with van der Waals surface area (Å²) in [5.41, 5.74) is 1.75. The first-order valence-electron chi connectivity index (χ1n) is 11.6. The van der Waals surface area contributed by atoms with Crippen molar-refractivity contribution < 1.29 is 14.9 Å². The summed E-state index contributed by atoms with van der Waals surface area (Å²) in [7, 11) is 1.65. The zero-order valence-corrected chi connectivity index (χ0v) is 20.0. The molecule has 0 amide bonds. The summed E-state index contributed by atoms with van der Waals surface area (Å²) in [6.07, 6.45) is 7.49. The number of pyridine rings is 2. The fourth-order valence-electron chi connectivity index (χ4n) is 4.76. The van der Waals surface area contributed by atoms with Gasteiger partial charge in [0, 0.05) is 54.3 Å². The van der Waals surface area contributed by atoms with Crippen LogP contribution in [0.3, 0.4) is 0 Å². The number of methoxy groups -OCH3 is 1. The molecule has 1 saturated heterocycles. The highest BCUT2D eigenvalue weighted by Crippen LogP contribution is 2.33. The summed E-state index contributed by atoms with van der Waals surface area (Å²) >= 11 is 1.85. The van der Waals surface area contributed by atoms with Gasteiger partial charge in [0.25, 0.3) is 0 Å². The quantitative estimate of drug-likeness (QED) is 0.433. The molecule has 1 aliphatic rings. The smallest absolute Gasteiger partial charge is 0.119 e. The largest absolute Gasteiger partial charge is 0.497 e. The number of hydrogen-bond donors (Lipinski definition) is 2. The average molecular weight is 468 g/mol. The number of thioether (sulfide) groups is 1. The van der Waals surface area contributed by atoms with Gasteiger partial charge >= 0.3 is 0 Å². The van der Waals surface area contributed by atoms with Gasteiger partial charge in [-0.15, -0.1) is 11.8 Å². The number of likely N-dealkylation sites (tertiary alicyclic amines) is 1. The van der Waals surface area contributed by atoms with E-state index in [0.29, 0.717) is 12.3 Å². The van der Waals surface area contributed by atoms with Gasteiger partial charge in [-0.1, -0.05) is 0 Å². The molecule has 0 aliphatic carbocycles. The van der Waals surface area contributed by atoms with E-state index in [1.807, 2.05) is 60.6 Å². The number of rotatable bonds is 10. The van der Waals surface area contributed by atoms with Crippen LogP contribution in [0.1, 0.15) is 30.9 Å². The Labute approximate surface area is 200 Å². The van der Waals surface area contributed by atoms with Crippen molar-refractivity contribution in [1.82, 2.24) is 14.9 Å². The molecule has 7 heteroatoms. The zero-order chi connectivity index (χ0) is 23.0. The first kappa shape index (κ1) is 24.0. The molecule has 4 rings (SSSR count). The summed E-state index contributed by atoms with van der Waals surface area (Å²) in [5.74, 6) is 2.48. The van der Waals surface area contributed by atoms with Gasteiger partial charge in [0.15, 0.2) is 0 Å². The summed E-state index contributed by atoms with van der Waals surface area (Å²) in [6, 6.07) is 11.7. The van der Waals surface area contributed by atoms with Crippen molar-refractivity contribution >= 4 is 22.7 Å². The Balaban J connectivity index is 1.30. The van der Waals surface area contributed by atoms with Gasteiger partial charge < -0.3 is 19.8 Å². The maximum Gasteiger partial charge on any atom is 0.119 e. The van der Waals surface area contributed by atoms with Crippen LogP contribution in [0.25, 0.3) is 10.9 Å². The van der Waals surface area contributed by atoms with E-state index in [0.717, 1.165) is 60.4 Å². The fourth-order valence-corrected chi connectivity index (χ4v) is 5.66. The predicted octanol–water partition coefficient (Wildman–Crippen LogP) is 4.17. The molecule has 1 aromatic carbocycles. The topological polar surface area (TPSA) is 78.7 Å². The van der Waals surface area contributed by atoms with Gasteiger partial charge in [-0.2, -0.15) is 0 Å². The third-order valence-electron chi connectivity index (χ3n) is 6.69. The Morgan fingerprint density at radius 1 is 1.15 bits per heavy atom. The van der Waals surface area contributed by atoms with Crippen LogP contribution in [-0.2, 0) is 0 Å². The van der Waals surface area contributed by atoms with E-state index in [1.165, 1.54) is 4.90 Å². The number of piperidine rings is 1. The highest BCUT2D eigenvalue weighted by molar-refractivity contribution is 7.99. The molecule has 176 valence electrons. The van der Waals surface area contributed by atoms with Crippen LogP contribution in [-0.4, -0.2) is 64.2 Å². The van der Waals surface area contributed by atoms with E-state index in [-0.39, 0.29) is 12.5 Å². The zero-order valence-electron chi connectivity index (χ0n) is 19.1. The van der Waals surface area contributed by atoms with Crippen LogP contribution in [0.5, 0.6) is 5.75 Å². The molecule has 0 radical (unpaired) electrons. The molecule has 0 unspecified atom stereocenters. The molecule has 0 saturated carbocycles. The number of nitrogens with zero attached hydrogens (tertiary/aromatic N) is 3. The molecule has 2 aromatic heterocycles. The highest BCUT2D eigenvalue weighted by atomic mass is 32.2. The maximum atomic E-state index is 11.0. The lowest BCUT2D eigenvalue weighted by Gasteiger charge is -2.38. The molecule has 3 heterocycles. The molecule has 1 fully saturated rings. The normalized spacial score (nSPS) is 20.1. The Hall–Kier alpha value is -2.19. The Morgan fingerprint density at radius 2 is 2.00 bits per heavy atom. The standard InChI is InChI=1S/C26H33N3O3S/c1-32-21-3-4-25-24(16-21)23(8-12-28-25)26(31)5-2-19-9-13-29(17-20(19)18-30)14-15-33-22-6-10-27-11-7-22/h3-4,6-8,10-12,16,19-20,26,30-31H,2,5,9,13-15,17-18H2,1H3/t19-,20-,26+/m1/s1. The van der Waals surface area contributed by atoms with Crippen molar-refractivity contribution in [2.45, 2.75) is 30.3 Å². The molecular weight excluding hydrogens is 434 g/mol. The van der Waals surface area contributed by atoms with Crippen molar-refractivity contribution in [2.75, 3.05) is 39.1 Å². The number of fused-ring (bicyclic) bond motifs is 1. The minimum atomic E-state index is -0.559. The van der Waals surface area contributed by atoms with Crippen molar-refractivity contribution in [1.29, 1.82) is 0 Å². The van der Waals surface area contributed by atoms with Gasteiger partial charge in [0.05, 0.1) is 18.7 Å². The van der Waals surface area contributed by atoms with Gasteiger partial charge in [-0.05, 0) is 79.6 Å². The summed E-state index contributed by atoms with van der Waals surface area (Å²) in [4.78, 5) is 12.2. The molecule has 1 aliphatic heterocycles. The van der Waals surface area contributed by atoms with E-state index in [1.54, 1.807) is 13.3 Å². The number of aliphatic hydroxyl groups excluding tert-OH is 2. The van der Waals surface area contributed by atoms with Gasteiger partial charge in [-0.25, -0.2) is 0 Å². The average Bonchev–Trinajstić information content (AvgIpc) is 2.87. The molecule has 6 nitrogen and oxygen atoms in total. The van der Waals surface area contributed by atoms with Gasteiger partial charge in [-0.3, -0.25) is 9.97 Å². The lowest BCUT2D eigenvalue weighted by Crippen LogP contribution is -2.43. The number of aliphatic hydroxyl groups is 2. The van der Waals surface area contributed by atoms with Crippen molar-refractivity contribution in [3.05, 3.63) is 60.6 Å². The van der Waals surface area contributed by atoms with Crippen LogP contribution < -0.4 is 4.74 Å². The van der Waals surface area contributed by atoms with Crippen molar-refractivity contribution in [3.8, 4) is 5.75 Å². The van der Waals surface area contributed by atoms with Crippen molar-refractivity contribution in [2.24, 2.45) is 11.8 Å². The van der Waals surface area contributed by atoms with Crippen LogP contribution in [0.2, 0.25) is 0 Å². The summed E-state index contributed by atoms with van der Waals surface area (Å²) in [6.45, 7) is 3.18. The summed E-state index contributed by atoms with van der Waals surface area (Å²) < 4.78 is 5.36. The van der Waals surface area contributed by atoms with Crippen molar-refractivity contribution in [3.63, 3.8) is 0 Å². The number of aromatic nitrogens is 2. The van der Waals surface area contributed by atoms with Crippen LogP contribution in [0, 0.1) is 11.8 Å². The van der Waals surface area contributed by atoms with E-state index >= 15 is 0 Å². The molecular formula is C26H33N3O3S. The molecule has 3 aromatic rings. The van der Waals surface area contributed by atoms with E-state index in [2.05, 4.69) is 14.9 Å². The molecule has 2 N–H and O–H groups in total. The molecule has 33 heavy (non-hydrogen) atoms. The summed E-state index contributed by atoms with van der Waals surface area (Å²) in [5, 5.41) is 22.0. The Morgan fingerprint density at radius 3 is 2.79 bits per heavy atom. The molecule has 0 spiro atoms. The third-order valence-corrected chi connectivity index (χ3v) is 7.68. The van der Waals surface area contributed by atoms with E-state index in [9.17, 15) is 10.2 Å². The first-order valence-corrected chi connectivity index (χ1v) is 12.6. The second-order valence-electron chi connectivity index (χ2n) is 8.70. The number of hydrogen-bond acceptors (Lipinski definition) is 7. The number of ether oxygens (including phenoxy) is 1. The van der Waals surface area contributed by atoms with E-state index in [4.69, 9.17) is 4.74 Å². The first-order chi connectivity index (χ1) is 16.2. The van der Waals surface area contributed by atoms with E-state index < -0.39 is 6.10 Å². The van der Waals surface area contributed by atoms with Crippen LogP contribution in [0.15, 0.2) is 59.9 Å². The third kappa shape index (κ3) is 6.23. The monoisotopic (exact) mass is 467 g/mol. The lowest BCUT2D eigenvalue weighted by molar-refractivity contribution is 0.0608. The highest BCUT2D eigenvalue weighted by Gasteiger charge is 2.29. The second-order valence-corrected chi connectivity index (χ2v) is 9.87. The maximum absolute atomic E-state index is 11.0. The minimum Gasteiger partial charge on any atom is -0.497 e. The fraction of sp³-hybridized carbons (Fsp3) is 0.462. The lowest BCUT2D eigenvalue weighted by atomic mass is 9.81. The molecule has 3 atom stereocenters. The van der Waals surface area contributed by atoms with Gasteiger partial charge in [0.1, 0.15) is 5.75 Å². The van der Waals surface area contributed by atoms with Gasteiger partial charge in [0.2, 0.25) is 0 Å². The Kier molecular flexibility index (Phi) is 8.56.